The molecule has 0 radical (unpaired) electrons. The van der Waals surface area contributed by atoms with E-state index < -0.39 is 0 Å². The van der Waals surface area contributed by atoms with Gasteiger partial charge in [0.2, 0.25) is 0 Å². The van der Waals surface area contributed by atoms with Crippen molar-refractivity contribution < 1.29 is 9.84 Å². The molecule has 194 valence electrons. The Morgan fingerprint density at radius 1 is 0.778 bits per heavy atom. The monoisotopic (exact) mass is 508 g/mol. The highest BCUT2D eigenvalue weighted by Crippen LogP contribution is 2.32. The van der Waals surface area contributed by atoms with E-state index in [1.54, 1.807) is 0 Å². The van der Waals surface area contributed by atoms with Crippen molar-refractivity contribution in [3.63, 3.8) is 0 Å². The second-order valence-corrected chi connectivity index (χ2v) is 9.80. The van der Waals surface area contributed by atoms with Crippen LogP contribution in [0, 0.1) is 20.8 Å². The van der Waals surface area contributed by atoms with Gasteiger partial charge in [0.1, 0.15) is 11.5 Å². The third-order valence-electron chi connectivity index (χ3n) is 7.39. The standard InChI is InChI=1S/C31H40N2O2.ClH/c1-24-23-29(25(2)26(3)31(24)34)35-22-12-6-11-17-32-18-20-33(21-19-32)30(27-13-7-4-8-14-27)28-15-9-5-10-16-28;/h4-5,7-10,13-16,23,30,34H,6,11-12,17-22H2,1-3H3;1H. The van der Waals surface area contributed by atoms with Gasteiger partial charge in [0, 0.05) is 26.2 Å². The number of ether oxygens (including phenoxy) is 1. The molecule has 4 nitrogen and oxygen atoms in total. The van der Waals surface area contributed by atoms with Crippen molar-refractivity contribution in [3.05, 3.63) is 94.5 Å². The molecule has 1 fully saturated rings. The lowest BCUT2D eigenvalue weighted by molar-refractivity contribution is 0.108. The highest BCUT2D eigenvalue weighted by atomic mass is 35.5. The molecule has 3 aromatic rings. The summed E-state index contributed by atoms with van der Waals surface area (Å²) in [5.41, 5.74) is 5.59. The Balaban J connectivity index is 0.00000361. The topological polar surface area (TPSA) is 35.9 Å². The van der Waals surface area contributed by atoms with Gasteiger partial charge in [0.05, 0.1) is 12.6 Å². The maximum atomic E-state index is 10.1. The number of unbranched alkanes of at least 4 members (excludes halogenated alkanes) is 2. The Bertz CT molecular complexity index is 1030. The summed E-state index contributed by atoms with van der Waals surface area (Å²) in [4.78, 5) is 5.25. The maximum Gasteiger partial charge on any atom is 0.122 e. The molecule has 0 aliphatic carbocycles. The van der Waals surface area contributed by atoms with Crippen LogP contribution in [0.15, 0.2) is 66.7 Å². The second-order valence-electron chi connectivity index (χ2n) is 9.80. The molecule has 1 aliphatic rings. The number of benzene rings is 3. The smallest absolute Gasteiger partial charge is 0.122 e. The number of piperazine rings is 1. The number of aryl methyl sites for hydroxylation is 1. The zero-order valence-electron chi connectivity index (χ0n) is 22.0. The number of phenols is 1. The molecular weight excluding hydrogens is 468 g/mol. The molecule has 0 unspecified atom stereocenters. The second kappa shape index (κ2) is 13.7. The number of phenolic OH excluding ortho intramolecular Hbond substituents is 1. The van der Waals surface area contributed by atoms with E-state index in [1.807, 2.05) is 26.8 Å². The molecule has 5 heteroatoms. The van der Waals surface area contributed by atoms with Gasteiger partial charge in [-0.05, 0) is 80.5 Å². The average Bonchev–Trinajstić information content (AvgIpc) is 2.90. The predicted octanol–water partition coefficient (Wildman–Crippen LogP) is 6.70. The first-order valence-electron chi connectivity index (χ1n) is 13.0. The van der Waals surface area contributed by atoms with Crippen LogP contribution >= 0.6 is 12.4 Å². The zero-order chi connectivity index (χ0) is 24.6. The Morgan fingerprint density at radius 2 is 1.36 bits per heavy atom. The van der Waals surface area contributed by atoms with Crippen LogP contribution in [0.1, 0.15) is 53.1 Å². The van der Waals surface area contributed by atoms with E-state index in [0.717, 1.165) is 68.2 Å². The van der Waals surface area contributed by atoms with Gasteiger partial charge in [-0.1, -0.05) is 60.7 Å². The minimum Gasteiger partial charge on any atom is -0.507 e. The van der Waals surface area contributed by atoms with E-state index in [4.69, 9.17) is 4.74 Å². The third kappa shape index (κ3) is 7.03. The molecule has 1 N–H and O–H groups in total. The summed E-state index contributed by atoms with van der Waals surface area (Å²) in [6, 6.07) is 24.1. The van der Waals surface area contributed by atoms with Crippen molar-refractivity contribution in [2.75, 3.05) is 39.3 Å². The van der Waals surface area contributed by atoms with Gasteiger partial charge < -0.3 is 14.7 Å². The van der Waals surface area contributed by atoms with Crippen molar-refractivity contribution in [1.29, 1.82) is 0 Å². The summed E-state index contributed by atoms with van der Waals surface area (Å²) in [6.45, 7) is 12.2. The minimum absolute atomic E-state index is 0. The number of aromatic hydroxyl groups is 1. The highest BCUT2D eigenvalue weighted by Gasteiger charge is 2.26. The summed E-state index contributed by atoms with van der Waals surface area (Å²) in [7, 11) is 0. The molecule has 36 heavy (non-hydrogen) atoms. The number of nitrogens with zero attached hydrogens (tertiary/aromatic N) is 2. The first-order valence-corrected chi connectivity index (χ1v) is 13.0. The first kappa shape index (κ1) is 28.0. The molecule has 0 spiro atoms. The van der Waals surface area contributed by atoms with Gasteiger partial charge in [-0.25, -0.2) is 0 Å². The molecule has 4 rings (SSSR count). The average molecular weight is 509 g/mol. The van der Waals surface area contributed by atoms with E-state index in [2.05, 4.69) is 70.5 Å². The van der Waals surface area contributed by atoms with Crippen LogP contribution in [0.3, 0.4) is 0 Å². The number of hydrogen-bond donors (Lipinski definition) is 1. The van der Waals surface area contributed by atoms with Crippen LogP contribution in [-0.4, -0.2) is 54.2 Å². The van der Waals surface area contributed by atoms with E-state index in [1.165, 1.54) is 24.0 Å². The van der Waals surface area contributed by atoms with Crippen molar-refractivity contribution in [2.45, 2.75) is 46.1 Å². The van der Waals surface area contributed by atoms with Crippen LogP contribution in [0.2, 0.25) is 0 Å². The quantitative estimate of drug-likeness (QED) is 0.309. The van der Waals surface area contributed by atoms with Gasteiger partial charge in [-0.3, -0.25) is 4.90 Å². The summed E-state index contributed by atoms with van der Waals surface area (Å²) in [5.74, 6) is 1.29. The largest absolute Gasteiger partial charge is 0.507 e. The Hall–Kier alpha value is -2.53. The maximum absolute atomic E-state index is 10.1. The predicted molar refractivity (Wildman–Crippen MR) is 152 cm³/mol. The fraction of sp³-hybridized carbons (Fsp3) is 0.419. The van der Waals surface area contributed by atoms with Crippen LogP contribution in [-0.2, 0) is 0 Å². The molecule has 0 saturated carbocycles. The van der Waals surface area contributed by atoms with Gasteiger partial charge in [0.15, 0.2) is 0 Å². The molecule has 1 heterocycles. The lowest BCUT2D eigenvalue weighted by Crippen LogP contribution is -2.48. The highest BCUT2D eigenvalue weighted by molar-refractivity contribution is 5.85. The van der Waals surface area contributed by atoms with Crippen molar-refractivity contribution in [1.82, 2.24) is 9.80 Å². The zero-order valence-corrected chi connectivity index (χ0v) is 22.8. The first-order chi connectivity index (χ1) is 17.0. The number of hydrogen-bond acceptors (Lipinski definition) is 4. The summed E-state index contributed by atoms with van der Waals surface area (Å²) >= 11 is 0. The fourth-order valence-corrected chi connectivity index (χ4v) is 5.11. The lowest BCUT2D eigenvalue weighted by atomic mass is 9.96. The SMILES string of the molecule is Cc1cc(OCCCCCN2CCN(C(c3ccccc3)c3ccccc3)CC2)c(C)c(C)c1O.Cl. The molecular formula is C31H41ClN2O2. The summed E-state index contributed by atoms with van der Waals surface area (Å²) in [6.07, 6.45) is 3.44. The van der Waals surface area contributed by atoms with Crippen LogP contribution in [0.5, 0.6) is 11.5 Å². The van der Waals surface area contributed by atoms with Crippen molar-refractivity contribution in [3.8, 4) is 11.5 Å². The summed E-state index contributed by atoms with van der Waals surface area (Å²) in [5, 5.41) is 10.1. The molecule has 1 aliphatic heterocycles. The molecule has 1 saturated heterocycles. The molecule has 0 atom stereocenters. The van der Waals surface area contributed by atoms with Crippen LogP contribution < -0.4 is 4.74 Å². The minimum atomic E-state index is 0. The van der Waals surface area contributed by atoms with Crippen LogP contribution in [0.25, 0.3) is 0 Å². The van der Waals surface area contributed by atoms with Gasteiger partial charge >= 0.3 is 0 Å². The van der Waals surface area contributed by atoms with E-state index >= 15 is 0 Å². The Labute approximate surface area is 223 Å². The van der Waals surface area contributed by atoms with E-state index in [9.17, 15) is 5.11 Å². The van der Waals surface area contributed by atoms with Crippen molar-refractivity contribution in [2.24, 2.45) is 0 Å². The fourth-order valence-electron chi connectivity index (χ4n) is 5.11. The molecule has 0 bridgehead atoms. The van der Waals surface area contributed by atoms with Crippen molar-refractivity contribution >= 4 is 12.4 Å². The Morgan fingerprint density at radius 3 is 1.94 bits per heavy atom. The molecule has 3 aromatic carbocycles. The number of rotatable bonds is 10. The van der Waals surface area contributed by atoms with Gasteiger partial charge in [-0.2, -0.15) is 0 Å². The van der Waals surface area contributed by atoms with E-state index in [0.29, 0.717) is 11.8 Å². The van der Waals surface area contributed by atoms with Crippen LogP contribution in [0.4, 0.5) is 0 Å². The number of halogens is 1. The lowest BCUT2D eigenvalue weighted by Gasteiger charge is -2.39. The Kier molecular flexibility index (Phi) is 10.7. The normalized spacial score (nSPS) is 14.6. The summed E-state index contributed by atoms with van der Waals surface area (Å²) < 4.78 is 6.04. The third-order valence-corrected chi connectivity index (χ3v) is 7.39. The van der Waals surface area contributed by atoms with Gasteiger partial charge in [-0.15, -0.1) is 12.4 Å². The molecule has 0 amide bonds. The van der Waals surface area contributed by atoms with Gasteiger partial charge in [0.25, 0.3) is 0 Å². The van der Waals surface area contributed by atoms with E-state index in [-0.39, 0.29) is 12.4 Å². The molecule has 0 aromatic heterocycles.